The molecule has 0 spiro atoms. The molecule has 2 fully saturated rings. The molecule has 7 nitrogen and oxygen atoms in total. The van der Waals surface area contributed by atoms with E-state index >= 15 is 0 Å². The molecule has 31 heavy (non-hydrogen) atoms. The van der Waals surface area contributed by atoms with Crippen LogP contribution < -0.4 is 10.2 Å². The van der Waals surface area contributed by atoms with Gasteiger partial charge in [0.25, 0.3) is 5.91 Å². The summed E-state index contributed by atoms with van der Waals surface area (Å²) in [5.74, 6) is -0.139. The van der Waals surface area contributed by atoms with Crippen LogP contribution in [0.5, 0.6) is 0 Å². The van der Waals surface area contributed by atoms with Crippen LogP contribution in [0, 0.1) is 0 Å². The van der Waals surface area contributed by atoms with Gasteiger partial charge in [0.05, 0.1) is 31.0 Å². The van der Waals surface area contributed by atoms with Crippen molar-refractivity contribution in [1.29, 1.82) is 0 Å². The Labute approximate surface area is 190 Å². The number of hydrogen-bond donors (Lipinski definition) is 1. The molecule has 2 aromatic rings. The number of nitrogens with zero attached hydrogens (tertiary/aromatic N) is 3. The molecule has 8 heteroatoms. The molecule has 0 bridgehead atoms. The zero-order valence-corrected chi connectivity index (χ0v) is 19.1. The summed E-state index contributed by atoms with van der Waals surface area (Å²) in [4.78, 5) is 33.9. The molecule has 2 saturated heterocycles. The minimum atomic E-state index is -0.253. The standard InChI is InChI=1S/C23H27BrN4O3/c24-21-6-4-5-19(25-21)23(30)26-18-8-7-17(15-20(18)27-9-2-1-3-10-27)16-22(29)28-11-13-31-14-12-28/h4-8,15H,1-3,9-14,16H2,(H,26,30). The first-order chi connectivity index (χ1) is 15.1. The number of nitrogens with one attached hydrogen (secondary N) is 1. The third kappa shape index (κ3) is 5.62. The van der Waals surface area contributed by atoms with Crippen molar-refractivity contribution in [2.24, 2.45) is 0 Å². The number of carbonyl (C=O) groups is 2. The van der Waals surface area contributed by atoms with Crippen LogP contribution >= 0.6 is 15.9 Å². The van der Waals surface area contributed by atoms with Crippen molar-refractivity contribution < 1.29 is 14.3 Å². The lowest BCUT2D eigenvalue weighted by Gasteiger charge is -2.31. The summed E-state index contributed by atoms with van der Waals surface area (Å²) in [6.45, 7) is 4.37. The maximum absolute atomic E-state index is 12.8. The molecule has 2 aliphatic heterocycles. The fourth-order valence-corrected chi connectivity index (χ4v) is 4.35. The number of carbonyl (C=O) groups excluding carboxylic acids is 2. The van der Waals surface area contributed by atoms with Crippen LogP contribution in [-0.4, -0.2) is 61.1 Å². The van der Waals surface area contributed by atoms with Gasteiger partial charge in [-0.2, -0.15) is 0 Å². The van der Waals surface area contributed by atoms with Crippen molar-refractivity contribution in [3.05, 3.63) is 52.3 Å². The molecule has 1 aromatic carbocycles. The zero-order chi connectivity index (χ0) is 21.6. The molecule has 1 aromatic heterocycles. The van der Waals surface area contributed by atoms with E-state index in [4.69, 9.17) is 4.74 Å². The zero-order valence-electron chi connectivity index (χ0n) is 17.5. The Morgan fingerprint density at radius 3 is 2.55 bits per heavy atom. The van der Waals surface area contributed by atoms with Gasteiger partial charge >= 0.3 is 0 Å². The van der Waals surface area contributed by atoms with Gasteiger partial charge in [0, 0.05) is 26.2 Å². The van der Waals surface area contributed by atoms with Gasteiger partial charge in [-0.25, -0.2) is 4.98 Å². The van der Waals surface area contributed by atoms with Crippen molar-refractivity contribution in [3.8, 4) is 0 Å². The second-order valence-corrected chi connectivity index (χ2v) is 8.68. The minimum absolute atomic E-state index is 0.114. The van der Waals surface area contributed by atoms with E-state index in [0.717, 1.165) is 42.9 Å². The normalized spacial score (nSPS) is 16.8. The molecule has 0 radical (unpaired) electrons. The molecule has 2 amide bonds. The third-order valence-corrected chi connectivity index (χ3v) is 6.12. The number of amides is 2. The highest BCUT2D eigenvalue weighted by Gasteiger charge is 2.21. The van der Waals surface area contributed by atoms with Crippen LogP contribution in [0.2, 0.25) is 0 Å². The highest BCUT2D eigenvalue weighted by molar-refractivity contribution is 9.10. The van der Waals surface area contributed by atoms with Crippen LogP contribution in [0.25, 0.3) is 0 Å². The van der Waals surface area contributed by atoms with E-state index in [2.05, 4.69) is 31.1 Å². The average Bonchev–Trinajstić information content (AvgIpc) is 2.81. The van der Waals surface area contributed by atoms with E-state index in [1.807, 2.05) is 23.1 Å². The van der Waals surface area contributed by atoms with Crippen molar-refractivity contribution in [3.63, 3.8) is 0 Å². The second kappa shape index (κ2) is 10.2. The van der Waals surface area contributed by atoms with Gasteiger partial charge in [-0.05, 0) is 65.0 Å². The molecule has 0 unspecified atom stereocenters. The number of ether oxygens (including phenoxy) is 1. The molecular weight excluding hydrogens is 460 g/mol. The lowest BCUT2D eigenvalue weighted by Crippen LogP contribution is -2.41. The van der Waals surface area contributed by atoms with Crippen molar-refractivity contribution in [1.82, 2.24) is 9.88 Å². The van der Waals surface area contributed by atoms with E-state index in [1.165, 1.54) is 6.42 Å². The Morgan fingerprint density at radius 1 is 1.03 bits per heavy atom. The van der Waals surface area contributed by atoms with E-state index in [1.54, 1.807) is 18.2 Å². The van der Waals surface area contributed by atoms with Crippen LogP contribution in [0.15, 0.2) is 41.0 Å². The van der Waals surface area contributed by atoms with E-state index in [9.17, 15) is 9.59 Å². The molecule has 0 aliphatic carbocycles. The molecule has 2 aliphatic rings. The quantitative estimate of drug-likeness (QED) is 0.654. The maximum Gasteiger partial charge on any atom is 0.274 e. The maximum atomic E-state index is 12.8. The van der Waals surface area contributed by atoms with Crippen molar-refractivity contribution in [2.75, 3.05) is 49.6 Å². The van der Waals surface area contributed by atoms with Gasteiger partial charge in [-0.1, -0.05) is 12.1 Å². The van der Waals surface area contributed by atoms with E-state index in [-0.39, 0.29) is 11.8 Å². The predicted molar refractivity (Wildman–Crippen MR) is 123 cm³/mol. The van der Waals surface area contributed by atoms with Gasteiger partial charge in [-0.3, -0.25) is 9.59 Å². The van der Waals surface area contributed by atoms with Crippen molar-refractivity contribution in [2.45, 2.75) is 25.7 Å². The molecule has 164 valence electrons. The highest BCUT2D eigenvalue weighted by atomic mass is 79.9. The van der Waals surface area contributed by atoms with Crippen molar-refractivity contribution >= 4 is 39.1 Å². The fraction of sp³-hybridized carbons (Fsp3) is 0.435. The summed E-state index contributed by atoms with van der Waals surface area (Å²) in [5, 5.41) is 3.02. The molecule has 0 saturated carbocycles. The topological polar surface area (TPSA) is 74.8 Å². The first-order valence-corrected chi connectivity index (χ1v) is 11.6. The Morgan fingerprint density at radius 2 is 1.81 bits per heavy atom. The fourth-order valence-electron chi connectivity index (χ4n) is 4.01. The number of rotatable bonds is 5. The first kappa shape index (κ1) is 21.8. The smallest absolute Gasteiger partial charge is 0.274 e. The molecule has 4 rings (SSSR count). The molecule has 0 atom stereocenters. The summed E-state index contributed by atoms with van der Waals surface area (Å²) in [5.41, 5.74) is 3.02. The summed E-state index contributed by atoms with van der Waals surface area (Å²) >= 11 is 3.31. The second-order valence-electron chi connectivity index (χ2n) is 7.87. The lowest BCUT2D eigenvalue weighted by atomic mass is 10.1. The lowest BCUT2D eigenvalue weighted by molar-refractivity contribution is -0.134. The highest BCUT2D eigenvalue weighted by Crippen LogP contribution is 2.30. The SMILES string of the molecule is O=C(Nc1ccc(CC(=O)N2CCOCC2)cc1N1CCCCC1)c1cccc(Br)n1. The number of halogens is 1. The van der Waals surface area contributed by atoms with Gasteiger partial charge in [0.1, 0.15) is 10.3 Å². The van der Waals surface area contributed by atoms with Gasteiger partial charge in [0.2, 0.25) is 5.91 Å². The van der Waals surface area contributed by atoms with Gasteiger partial charge in [0.15, 0.2) is 0 Å². The van der Waals surface area contributed by atoms with Crippen LogP contribution in [0.4, 0.5) is 11.4 Å². The summed E-state index contributed by atoms with van der Waals surface area (Å²) < 4.78 is 5.97. The van der Waals surface area contributed by atoms with Gasteiger partial charge in [-0.15, -0.1) is 0 Å². The van der Waals surface area contributed by atoms with Gasteiger partial charge < -0.3 is 19.9 Å². The Hall–Kier alpha value is -2.45. The summed E-state index contributed by atoms with van der Waals surface area (Å²) in [6.07, 6.45) is 3.81. The monoisotopic (exact) mass is 486 g/mol. The van der Waals surface area contributed by atoms with Crippen LogP contribution in [-0.2, 0) is 16.0 Å². The van der Waals surface area contributed by atoms with E-state index in [0.29, 0.717) is 43.0 Å². The number of piperidine rings is 1. The largest absolute Gasteiger partial charge is 0.378 e. The molecular formula is C23H27BrN4O3. The minimum Gasteiger partial charge on any atom is -0.378 e. The molecule has 3 heterocycles. The third-order valence-electron chi connectivity index (χ3n) is 5.67. The Bertz CT molecular complexity index is 940. The number of anilines is 2. The number of aromatic nitrogens is 1. The van der Waals surface area contributed by atoms with E-state index < -0.39 is 0 Å². The number of benzene rings is 1. The summed E-state index contributed by atoms with van der Waals surface area (Å²) in [6, 6.07) is 11.1. The molecule has 1 N–H and O–H groups in total. The number of morpholine rings is 1. The first-order valence-electron chi connectivity index (χ1n) is 10.8. The predicted octanol–water partition coefficient (Wildman–Crippen LogP) is 3.49. The Kier molecular flexibility index (Phi) is 7.19. The summed E-state index contributed by atoms with van der Waals surface area (Å²) in [7, 11) is 0. The van der Waals surface area contributed by atoms with Crippen LogP contribution in [0.3, 0.4) is 0 Å². The number of pyridine rings is 1. The van der Waals surface area contributed by atoms with Crippen LogP contribution in [0.1, 0.15) is 35.3 Å². The Balaban J connectivity index is 1.55. The average molecular weight is 487 g/mol. The number of hydrogen-bond acceptors (Lipinski definition) is 5.